The monoisotopic (exact) mass is 477 g/mol. The summed E-state index contributed by atoms with van der Waals surface area (Å²) in [7, 11) is 0.0674. The van der Waals surface area contributed by atoms with Gasteiger partial charge in [0.05, 0.1) is 17.3 Å². The van der Waals surface area contributed by atoms with Gasteiger partial charge < -0.3 is 14.0 Å². The third kappa shape index (κ3) is 3.65. The van der Waals surface area contributed by atoms with Crippen LogP contribution in [0.15, 0.2) is 47.9 Å². The molecule has 0 saturated heterocycles. The maximum atomic E-state index is 13.2. The van der Waals surface area contributed by atoms with Gasteiger partial charge in [-0.15, -0.1) is 0 Å². The summed E-state index contributed by atoms with van der Waals surface area (Å²) in [6.07, 6.45) is 9.30. The normalized spacial score (nSPS) is 18.8. The maximum Gasteiger partial charge on any atom is 0.257 e. The number of amidine groups is 1. The maximum absolute atomic E-state index is 13.2. The predicted octanol–water partition coefficient (Wildman–Crippen LogP) is 6.03. The van der Waals surface area contributed by atoms with Crippen LogP contribution in [0.3, 0.4) is 0 Å². The molecule has 4 heterocycles. The number of aromatic nitrogens is 2. The zero-order valence-electron chi connectivity index (χ0n) is 21.9. The van der Waals surface area contributed by atoms with Crippen molar-refractivity contribution in [3.8, 4) is 0 Å². The Kier molecular flexibility index (Phi) is 6.60. The largest absolute Gasteiger partial charge is 0.379 e. The van der Waals surface area contributed by atoms with Crippen LogP contribution in [-0.4, -0.2) is 53.7 Å². The fourth-order valence-electron chi connectivity index (χ4n) is 6.54. The molecule has 0 bridgehead atoms. The second kappa shape index (κ2) is 9.17. The average Bonchev–Trinajstić information content (AvgIpc) is 3.26. The van der Waals surface area contributed by atoms with E-state index in [9.17, 15) is 4.79 Å². The van der Waals surface area contributed by atoms with Crippen LogP contribution < -0.4 is 4.90 Å². The minimum Gasteiger partial charge on any atom is -0.379 e. The minimum absolute atomic E-state index is 0.00124. The van der Waals surface area contributed by atoms with E-state index >= 15 is 0 Å². The molecular formula is C27H39N5OSi. The molecule has 1 unspecified atom stereocenters. The van der Waals surface area contributed by atoms with Gasteiger partial charge in [-0.05, 0) is 54.4 Å². The molecule has 182 valence electrons. The number of hydrogen-bond acceptors (Lipinski definition) is 4. The molecule has 2 aliphatic rings. The van der Waals surface area contributed by atoms with Crippen molar-refractivity contribution < 1.29 is 4.79 Å². The summed E-state index contributed by atoms with van der Waals surface area (Å²) in [4.78, 5) is 26.9. The summed E-state index contributed by atoms with van der Waals surface area (Å²) in [5, 5.41) is 0. The number of aliphatic imine (C=N–C) groups is 1. The molecule has 1 atom stereocenters. The Bertz CT molecular complexity index is 1110. The van der Waals surface area contributed by atoms with Crippen molar-refractivity contribution in [2.24, 2.45) is 4.99 Å². The number of amides is 1. The number of pyridine rings is 1. The molecule has 2 aromatic heterocycles. The highest BCUT2D eigenvalue weighted by atomic mass is 28.3. The Balaban J connectivity index is 1.78. The van der Waals surface area contributed by atoms with Crippen molar-refractivity contribution in [3.05, 3.63) is 54.0 Å². The number of rotatable bonds is 6. The zero-order valence-corrected chi connectivity index (χ0v) is 22.9. The molecular weight excluding hydrogens is 438 g/mol. The smallest absolute Gasteiger partial charge is 0.257 e. The van der Waals surface area contributed by atoms with Gasteiger partial charge in [-0.25, -0.2) is 9.98 Å². The molecule has 0 radical (unpaired) electrons. The first kappa shape index (κ1) is 24.5. The lowest BCUT2D eigenvalue weighted by Gasteiger charge is -2.44. The van der Waals surface area contributed by atoms with Crippen molar-refractivity contribution in [1.82, 2.24) is 14.1 Å². The highest BCUT2D eigenvalue weighted by Gasteiger charge is 2.45. The van der Waals surface area contributed by atoms with E-state index in [4.69, 9.17) is 4.99 Å². The summed E-state index contributed by atoms with van der Waals surface area (Å²) in [5.41, 5.74) is 4.66. The molecule has 6 nitrogen and oxygen atoms in total. The van der Waals surface area contributed by atoms with Crippen LogP contribution >= 0.6 is 0 Å². The van der Waals surface area contributed by atoms with Gasteiger partial charge in [0.1, 0.15) is 11.7 Å². The van der Waals surface area contributed by atoms with Gasteiger partial charge in [0.2, 0.25) is 0 Å². The van der Waals surface area contributed by atoms with Crippen LogP contribution in [0.4, 0.5) is 5.82 Å². The van der Waals surface area contributed by atoms with Crippen LogP contribution in [0.5, 0.6) is 0 Å². The molecule has 0 aliphatic carbocycles. The van der Waals surface area contributed by atoms with Crippen molar-refractivity contribution in [1.29, 1.82) is 0 Å². The molecule has 0 N–H and O–H groups in total. The Morgan fingerprint density at radius 2 is 1.76 bits per heavy atom. The van der Waals surface area contributed by atoms with E-state index in [1.165, 1.54) is 0 Å². The first-order chi connectivity index (χ1) is 16.1. The summed E-state index contributed by atoms with van der Waals surface area (Å²) in [5.74, 6) is 1.61. The van der Waals surface area contributed by atoms with Gasteiger partial charge in [0.25, 0.3) is 5.91 Å². The molecule has 4 rings (SSSR count). The Morgan fingerprint density at radius 1 is 1.09 bits per heavy atom. The molecule has 0 aromatic carbocycles. The SMILES string of the molecule is CCN1C2=NC(c3ccn([Si](C(C)C)(C(C)C)C(C)C)c3)=CCC2N(C)C(=O)c2cccnc21. The summed E-state index contributed by atoms with van der Waals surface area (Å²) >= 11 is 0. The number of carbonyl (C=O) groups is 1. The van der Waals surface area contributed by atoms with Crippen molar-refractivity contribution in [2.45, 2.75) is 77.6 Å². The zero-order chi connectivity index (χ0) is 24.8. The van der Waals surface area contributed by atoms with E-state index in [0.717, 1.165) is 23.5 Å². The fourth-order valence-corrected chi connectivity index (χ4v) is 13.0. The molecule has 2 aliphatic heterocycles. The third-order valence-corrected chi connectivity index (χ3v) is 14.7. The lowest BCUT2D eigenvalue weighted by Crippen LogP contribution is -2.51. The second-order valence-corrected chi connectivity index (χ2v) is 16.3. The first-order valence-electron chi connectivity index (χ1n) is 12.6. The van der Waals surface area contributed by atoms with E-state index in [1.807, 2.05) is 24.1 Å². The summed E-state index contributed by atoms with van der Waals surface area (Å²) < 4.78 is 2.56. The molecule has 1 amide bonds. The highest BCUT2D eigenvalue weighted by molar-refractivity contribution is 6.82. The predicted molar refractivity (Wildman–Crippen MR) is 144 cm³/mol. The van der Waals surface area contributed by atoms with Crippen LogP contribution in [0, 0.1) is 0 Å². The van der Waals surface area contributed by atoms with Crippen molar-refractivity contribution in [3.63, 3.8) is 0 Å². The van der Waals surface area contributed by atoms with E-state index in [-0.39, 0.29) is 11.9 Å². The summed E-state index contributed by atoms with van der Waals surface area (Å²) in [6, 6.07) is 5.82. The lowest BCUT2D eigenvalue weighted by molar-refractivity contribution is 0.0774. The molecule has 7 heteroatoms. The number of fused-ring (bicyclic) bond motifs is 2. The van der Waals surface area contributed by atoms with Gasteiger partial charge in [-0.1, -0.05) is 47.6 Å². The topological polar surface area (TPSA) is 53.7 Å². The van der Waals surface area contributed by atoms with Gasteiger partial charge >= 0.3 is 0 Å². The standard InChI is InChI=1S/C27H39N5OSi/c1-9-32-25-22(11-10-15-28-25)27(33)30(8)24-13-12-23(29-26(24)32)21-14-16-31(17-21)34(18(2)3,19(4)5)20(6)7/h10-12,14-20,24H,9,13H2,1-8H3. The number of carbonyl (C=O) groups excluding carboxylic acids is 1. The minimum atomic E-state index is -1.81. The van der Waals surface area contributed by atoms with E-state index in [1.54, 1.807) is 6.20 Å². The van der Waals surface area contributed by atoms with Gasteiger partial charge in [0, 0.05) is 31.5 Å². The van der Waals surface area contributed by atoms with Crippen LogP contribution in [0.1, 0.15) is 70.8 Å². The fraction of sp³-hybridized carbons (Fsp3) is 0.519. The number of likely N-dealkylation sites (N-methyl/N-ethyl adjacent to an activating group) is 2. The van der Waals surface area contributed by atoms with E-state index < -0.39 is 8.24 Å². The molecule has 0 saturated carbocycles. The molecule has 2 aromatic rings. The van der Waals surface area contributed by atoms with Crippen LogP contribution in [0.2, 0.25) is 16.6 Å². The Labute approximate surface area is 205 Å². The van der Waals surface area contributed by atoms with E-state index in [0.29, 0.717) is 34.5 Å². The summed E-state index contributed by atoms with van der Waals surface area (Å²) in [6.45, 7) is 17.1. The average molecular weight is 478 g/mol. The van der Waals surface area contributed by atoms with Gasteiger partial charge in [-0.3, -0.25) is 4.79 Å². The Morgan fingerprint density at radius 3 is 2.38 bits per heavy atom. The first-order valence-corrected chi connectivity index (χ1v) is 14.8. The molecule has 0 spiro atoms. The number of anilines is 1. The quantitative estimate of drug-likeness (QED) is 0.477. The van der Waals surface area contributed by atoms with E-state index in [2.05, 4.69) is 87.1 Å². The second-order valence-electron chi connectivity index (χ2n) is 10.5. The van der Waals surface area contributed by atoms with Gasteiger partial charge in [0.15, 0.2) is 8.24 Å². The number of hydrogen-bond donors (Lipinski definition) is 0. The molecule has 34 heavy (non-hydrogen) atoms. The van der Waals surface area contributed by atoms with Crippen molar-refractivity contribution >= 4 is 31.5 Å². The Hall–Kier alpha value is -2.67. The van der Waals surface area contributed by atoms with Crippen molar-refractivity contribution in [2.75, 3.05) is 18.5 Å². The van der Waals surface area contributed by atoms with Crippen LogP contribution in [-0.2, 0) is 0 Å². The molecule has 0 fully saturated rings. The van der Waals surface area contributed by atoms with Gasteiger partial charge in [-0.2, -0.15) is 0 Å². The highest BCUT2D eigenvalue weighted by Crippen LogP contribution is 2.43. The number of nitrogens with zero attached hydrogens (tertiary/aromatic N) is 5. The third-order valence-electron chi connectivity index (χ3n) is 7.93. The lowest BCUT2D eigenvalue weighted by atomic mass is 10.0. The van der Waals surface area contributed by atoms with Crippen LogP contribution in [0.25, 0.3) is 5.70 Å².